The summed E-state index contributed by atoms with van der Waals surface area (Å²) in [4.78, 5) is 15.3. The molecule has 0 saturated heterocycles. The molecule has 154 valence electrons. The number of para-hydroxylation sites is 1. The number of aliphatic carboxylic acids is 1. The van der Waals surface area contributed by atoms with Crippen LogP contribution in [-0.2, 0) is 11.3 Å². The van der Waals surface area contributed by atoms with Crippen molar-refractivity contribution in [3.63, 3.8) is 0 Å². The fourth-order valence-corrected chi connectivity index (χ4v) is 3.39. The van der Waals surface area contributed by atoms with Crippen LogP contribution in [0.3, 0.4) is 0 Å². The first kappa shape index (κ1) is 21.7. The molecule has 0 aliphatic rings. The van der Waals surface area contributed by atoms with Gasteiger partial charge in [0.25, 0.3) is 0 Å². The number of nitrogens with zero attached hydrogens (tertiary/aromatic N) is 2. The second-order valence-electron chi connectivity index (χ2n) is 7.63. The maximum absolute atomic E-state index is 10.7. The molecular formula is C24H27BN2O3. The Labute approximate surface area is 179 Å². The van der Waals surface area contributed by atoms with Crippen molar-refractivity contribution in [2.24, 2.45) is 0 Å². The fourth-order valence-electron chi connectivity index (χ4n) is 3.39. The molecule has 0 fully saturated rings. The summed E-state index contributed by atoms with van der Waals surface area (Å²) >= 11 is 0. The zero-order valence-corrected chi connectivity index (χ0v) is 17.5. The number of carboxylic acid groups (broad SMARTS) is 1. The van der Waals surface area contributed by atoms with Crippen LogP contribution in [0.1, 0.15) is 36.1 Å². The first-order valence-corrected chi connectivity index (χ1v) is 10.2. The lowest BCUT2D eigenvalue weighted by atomic mass is 9.81. The predicted octanol–water partition coefficient (Wildman–Crippen LogP) is 4.81. The van der Waals surface area contributed by atoms with Gasteiger partial charge in [-0.1, -0.05) is 60.3 Å². The van der Waals surface area contributed by atoms with Crippen LogP contribution < -0.4 is 4.74 Å². The Morgan fingerprint density at radius 2 is 1.90 bits per heavy atom. The van der Waals surface area contributed by atoms with Crippen LogP contribution in [0.2, 0.25) is 5.82 Å². The summed E-state index contributed by atoms with van der Waals surface area (Å²) in [6.45, 7) is 5.28. The highest BCUT2D eigenvalue weighted by Crippen LogP contribution is 2.25. The topological polar surface area (TPSA) is 64.4 Å². The molecule has 30 heavy (non-hydrogen) atoms. The van der Waals surface area contributed by atoms with Crippen LogP contribution >= 0.6 is 0 Å². The van der Waals surface area contributed by atoms with Gasteiger partial charge in [0.2, 0.25) is 0 Å². The van der Waals surface area contributed by atoms with E-state index in [1.165, 1.54) is 5.56 Å². The van der Waals surface area contributed by atoms with E-state index in [9.17, 15) is 4.79 Å². The van der Waals surface area contributed by atoms with Gasteiger partial charge in [-0.2, -0.15) is 0 Å². The van der Waals surface area contributed by atoms with Gasteiger partial charge in [0.05, 0.1) is 21.0 Å². The molecule has 0 aliphatic heterocycles. The lowest BCUT2D eigenvalue weighted by Gasteiger charge is -2.15. The van der Waals surface area contributed by atoms with E-state index in [-0.39, 0.29) is 12.2 Å². The lowest BCUT2D eigenvalue weighted by molar-refractivity contribution is -0.137. The van der Waals surface area contributed by atoms with Crippen molar-refractivity contribution in [1.82, 2.24) is 9.55 Å². The third-order valence-electron chi connectivity index (χ3n) is 5.08. The Balaban J connectivity index is 1.69. The molecule has 0 saturated carbocycles. The quantitative estimate of drug-likeness (QED) is 0.391. The first-order chi connectivity index (χ1) is 14.4. The molecule has 2 aromatic carbocycles. The number of ether oxygens (including phenoxy) is 1. The molecule has 5 nitrogen and oxygen atoms in total. The number of aromatic nitrogens is 2. The van der Waals surface area contributed by atoms with E-state index in [1.54, 1.807) is 0 Å². The number of imidazole rings is 1. The minimum absolute atomic E-state index is 0.0156. The van der Waals surface area contributed by atoms with Crippen molar-refractivity contribution in [1.29, 1.82) is 0 Å². The Bertz CT molecular complexity index is 982. The van der Waals surface area contributed by atoms with Crippen LogP contribution in [0.5, 0.6) is 5.75 Å². The Morgan fingerprint density at radius 3 is 2.63 bits per heavy atom. The number of rotatable bonds is 10. The average Bonchev–Trinajstić information content (AvgIpc) is 3.07. The van der Waals surface area contributed by atoms with Crippen LogP contribution in [0.15, 0.2) is 54.7 Å². The van der Waals surface area contributed by atoms with Gasteiger partial charge in [0, 0.05) is 29.4 Å². The number of hydrogen-bond acceptors (Lipinski definition) is 3. The molecule has 0 amide bonds. The van der Waals surface area contributed by atoms with Gasteiger partial charge in [0.15, 0.2) is 0 Å². The maximum Gasteiger partial charge on any atom is 0.302 e. The van der Waals surface area contributed by atoms with Crippen LogP contribution in [0.4, 0.5) is 0 Å². The molecule has 1 aromatic heterocycles. The highest BCUT2D eigenvalue weighted by atomic mass is 16.5. The number of carbonyl (C=O) groups is 1. The minimum atomic E-state index is -0.867. The van der Waals surface area contributed by atoms with Crippen LogP contribution in [0.25, 0.3) is 11.4 Å². The molecular weight excluding hydrogens is 375 g/mol. The Morgan fingerprint density at radius 1 is 1.17 bits per heavy atom. The van der Waals surface area contributed by atoms with E-state index < -0.39 is 5.97 Å². The van der Waals surface area contributed by atoms with Crippen molar-refractivity contribution < 1.29 is 14.6 Å². The van der Waals surface area contributed by atoms with Crippen LogP contribution in [0, 0.1) is 13.8 Å². The van der Waals surface area contributed by atoms with E-state index in [1.807, 2.05) is 24.4 Å². The summed E-state index contributed by atoms with van der Waals surface area (Å²) in [5, 5.41) is 8.80. The molecule has 0 bridgehead atoms. The lowest BCUT2D eigenvalue weighted by Crippen LogP contribution is -2.08. The average molecular weight is 402 g/mol. The molecule has 1 atom stereocenters. The van der Waals surface area contributed by atoms with Crippen molar-refractivity contribution in [3.05, 3.63) is 71.5 Å². The molecule has 0 unspecified atom stereocenters. The zero-order chi connectivity index (χ0) is 21.5. The van der Waals surface area contributed by atoms with Gasteiger partial charge in [-0.15, -0.1) is 0 Å². The highest BCUT2D eigenvalue weighted by molar-refractivity contribution is 6.12. The summed E-state index contributed by atoms with van der Waals surface area (Å²) in [5.41, 5.74) is 4.46. The molecule has 3 rings (SSSR count). The molecule has 1 heterocycles. The van der Waals surface area contributed by atoms with E-state index in [0.29, 0.717) is 26.0 Å². The summed E-state index contributed by atoms with van der Waals surface area (Å²) < 4.78 is 8.20. The fraction of sp³-hybridized carbons (Fsp3) is 0.333. The molecule has 3 aromatic rings. The third kappa shape index (κ3) is 5.75. The Kier molecular flexibility index (Phi) is 7.33. The van der Waals surface area contributed by atoms with Gasteiger partial charge in [0.1, 0.15) is 11.6 Å². The smallest absolute Gasteiger partial charge is 0.302 e. The summed E-state index contributed by atoms with van der Waals surface area (Å²) in [6.07, 6.45) is 3.20. The molecule has 6 heteroatoms. The largest absolute Gasteiger partial charge is 0.493 e. The second-order valence-corrected chi connectivity index (χ2v) is 7.63. The standard InChI is InChI=1S/C24H27BN2O3/c1-17-9-11-19(12-10-17)24-26-15-18(2)27(24)16-20-6-3-4-8-22(20)30-13-5-7-21(25)14-23(28)29/h3-4,6,8-12,15,21H,5,7,13-14,16H2,1-2H3,(H,28,29)/t21-/m1/s1. The molecule has 0 aliphatic carbocycles. The molecule has 1 N–H and O–H groups in total. The summed E-state index contributed by atoms with van der Waals surface area (Å²) in [7, 11) is 5.83. The monoisotopic (exact) mass is 402 g/mol. The number of aryl methyl sites for hydroxylation is 2. The third-order valence-corrected chi connectivity index (χ3v) is 5.08. The summed E-state index contributed by atoms with van der Waals surface area (Å²) in [6, 6.07) is 16.4. The van der Waals surface area contributed by atoms with Crippen molar-refractivity contribution >= 4 is 13.8 Å². The number of benzene rings is 2. The summed E-state index contributed by atoms with van der Waals surface area (Å²) in [5.74, 6) is 0.551. The normalized spacial score (nSPS) is 11.9. The maximum atomic E-state index is 10.7. The van der Waals surface area contributed by atoms with Gasteiger partial charge < -0.3 is 14.4 Å². The highest BCUT2D eigenvalue weighted by Gasteiger charge is 2.13. The Hall–Kier alpha value is -3.02. The molecule has 0 spiro atoms. The minimum Gasteiger partial charge on any atom is -0.493 e. The van der Waals surface area contributed by atoms with E-state index >= 15 is 0 Å². The SMILES string of the molecule is [B][C@H](CCCOc1ccccc1Cn1c(C)cnc1-c1ccc(C)cc1)CC(=O)O. The van der Waals surface area contributed by atoms with Crippen molar-refractivity contribution in [2.75, 3.05) is 6.61 Å². The van der Waals surface area contributed by atoms with E-state index in [4.69, 9.17) is 17.7 Å². The first-order valence-electron chi connectivity index (χ1n) is 10.2. The number of carboxylic acids is 1. The van der Waals surface area contributed by atoms with Gasteiger partial charge >= 0.3 is 5.97 Å². The van der Waals surface area contributed by atoms with Gasteiger partial charge in [-0.05, 0) is 26.3 Å². The predicted molar refractivity (Wildman–Crippen MR) is 119 cm³/mol. The van der Waals surface area contributed by atoms with E-state index in [0.717, 1.165) is 28.4 Å². The van der Waals surface area contributed by atoms with Crippen molar-refractivity contribution in [2.45, 2.75) is 45.5 Å². The van der Waals surface area contributed by atoms with Gasteiger partial charge in [-0.3, -0.25) is 4.79 Å². The van der Waals surface area contributed by atoms with E-state index in [2.05, 4.69) is 53.7 Å². The second kappa shape index (κ2) is 10.1. The number of hydrogen-bond donors (Lipinski definition) is 1. The zero-order valence-electron chi connectivity index (χ0n) is 17.5. The van der Waals surface area contributed by atoms with Crippen molar-refractivity contribution in [3.8, 4) is 17.1 Å². The van der Waals surface area contributed by atoms with Crippen LogP contribution in [-0.4, -0.2) is 35.1 Å². The molecule has 2 radical (unpaired) electrons. The van der Waals surface area contributed by atoms with Gasteiger partial charge in [-0.25, -0.2) is 4.98 Å².